The Bertz CT molecular complexity index is 1140. The van der Waals surface area contributed by atoms with E-state index < -0.39 is 0 Å². The Kier molecular flexibility index (Phi) is 36.1. The molecule has 0 aliphatic heterocycles. The van der Waals surface area contributed by atoms with E-state index >= 15 is 0 Å². The molecule has 2 aromatic heterocycles. The molecule has 0 aliphatic rings. The molecular weight excluding hydrogens is 1240 g/mol. The third kappa shape index (κ3) is 24.3. The van der Waals surface area contributed by atoms with Crippen LogP contribution in [0.1, 0.15) is 63.0 Å². The number of rotatable bonds is 4. The fourth-order valence-corrected chi connectivity index (χ4v) is 3.12. The fourth-order valence-electron chi connectivity index (χ4n) is 3.12. The van der Waals surface area contributed by atoms with Crippen LogP contribution in [0.5, 0.6) is 0 Å². The van der Waals surface area contributed by atoms with Gasteiger partial charge in [0.2, 0.25) is 0 Å². The largest absolute Gasteiger partial charge is 2.00 e. The van der Waals surface area contributed by atoms with Crippen molar-refractivity contribution >= 4 is 38.4 Å². The molecule has 0 bridgehead atoms. The van der Waals surface area contributed by atoms with Gasteiger partial charge in [-0.1, -0.05) is 76.2 Å². The first kappa shape index (κ1) is 48.8. The minimum Gasteiger partial charge on any atom is -0.255 e. The van der Waals surface area contributed by atoms with Gasteiger partial charge in [0.05, 0.1) is 11.4 Å². The van der Waals surface area contributed by atoms with Gasteiger partial charge in [-0.25, -0.2) is 0 Å². The molecule has 5 rings (SSSR count). The summed E-state index contributed by atoms with van der Waals surface area (Å²) in [5.74, 6) is 0. The van der Waals surface area contributed by atoms with Gasteiger partial charge < -0.3 is 17.2 Å². The third-order valence-corrected chi connectivity index (χ3v) is 5.29. The van der Waals surface area contributed by atoms with Crippen LogP contribution < -0.4 is 0 Å². The second-order valence-electron chi connectivity index (χ2n) is 8.64. The van der Waals surface area contributed by atoms with Crippen LogP contribution in [0.25, 0.3) is 28.6 Å². The van der Waals surface area contributed by atoms with Gasteiger partial charge in [0.25, 0.3) is 0 Å². The summed E-state index contributed by atoms with van der Waals surface area (Å²) in [5.41, 5.74) is 26.7. The van der Waals surface area contributed by atoms with E-state index in [4.69, 9.17) is 17.2 Å². The minimum atomic E-state index is -0.147. The van der Waals surface area contributed by atoms with Gasteiger partial charge in [0, 0.05) is 12.4 Å². The molecule has 2 heterocycles. The molecule has 3 unspecified atom stereocenters. The van der Waals surface area contributed by atoms with Crippen LogP contribution in [0.3, 0.4) is 0 Å². The first-order valence-corrected chi connectivity index (χ1v) is 23.9. The summed E-state index contributed by atoms with van der Waals surface area (Å²) in [6, 6.07) is 42.2. The zero-order valence-electron chi connectivity index (χ0n) is 24.4. The summed E-state index contributed by atoms with van der Waals surface area (Å²) >= 11 is 9.11. The summed E-state index contributed by atoms with van der Waals surface area (Å²) in [6.07, 6.45) is 3.54. The number of nitrogens with one attached hydrogen (secondary N) is 3. The molecule has 0 amide bonds. The Morgan fingerprint density at radius 1 is 0.578 bits per heavy atom. The van der Waals surface area contributed by atoms with E-state index in [0.29, 0.717) is 0 Å². The fraction of sp³-hybridized carbons (Fsp3) is 0.200. The average molecular weight is 1280 g/mol. The quantitative estimate of drug-likeness (QED) is 0.102. The Morgan fingerprint density at radius 3 is 1.16 bits per heavy atom. The molecular formula is C35H40AgI2N5Pt2-3. The molecule has 0 saturated carbocycles. The number of hydrogen-bond donors (Lipinski definition) is 0. The number of benzene rings is 3. The molecule has 5 aromatic rings. The van der Waals surface area contributed by atoms with Crippen LogP contribution in [0.2, 0.25) is 0 Å². The van der Waals surface area contributed by atoms with Gasteiger partial charge >= 0.3 is 92.8 Å². The molecule has 45 heavy (non-hydrogen) atoms. The minimum absolute atomic E-state index is 0. The van der Waals surface area contributed by atoms with Gasteiger partial charge in [-0.05, 0) is 24.3 Å². The summed E-state index contributed by atoms with van der Waals surface area (Å²) in [7, 11) is 0. The van der Waals surface area contributed by atoms with Gasteiger partial charge in [-0.3, -0.25) is 9.97 Å². The van der Waals surface area contributed by atoms with E-state index in [1.165, 1.54) is 0 Å². The predicted molar refractivity (Wildman–Crippen MR) is 197 cm³/mol. The average Bonchev–Trinajstić information content (AvgIpc) is 3.09. The molecule has 253 valence electrons. The van der Waals surface area contributed by atoms with Crippen LogP contribution in [0.4, 0.5) is 0 Å². The van der Waals surface area contributed by atoms with Crippen LogP contribution in [0, 0.1) is 12.1 Å². The van der Waals surface area contributed by atoms with Crippen LogP contribution in [-0.4, -0.2) is 9.97 Å². The van der Waals surface area contributed by atoms with Gasteiger partial charge in [-0.2, -0.15) is 71.8 Å². The van der Waals surface area contributed by atoms with E-state index in [9.17, 15) is 0 Å². The van der Waals surface area contributed by atoms with Gasteiger partial charge in [0.1, 0.15) is 0 Å². The predicted octanol–water partition coefficient (Wildman–Crippen LogP) is 12.5. The van der Waals surface area contributed by atoms with Crippen molar-refractivity contribution in [2.75, 3.05) is 0 Å². The van der Waals surface area contributed by atoms with E-state index in [1.807, 2.05) is 155 Å². The van der Waals surface area contributed by atoms with Crippen molar-refractivity contribution in [1.29, 1.82) is 0 Å². The van der Waals surface area contributed by atoms with Gasteiger partial charge in [0.15, 0.2) is 0 Å². The molecule has 0 radical (unpaired) electrons. The molecule has 0 spiro atoms. The summed E-state index contributed by atoms with van der Waals surface area (Å²) < 4.78 is 0. The van der Waals surface area contributed by atoms with E-state index in [1.54, 1.807) is 12.4 Å². The second kappa shape index (κ2) is 33.3. The molecule has 3 aromatic carbocycles. The van der Waals surface area contributed by atoms with Crippen molar-refractivity contribution in [3.63, 3.8) is 0 Å². The van der Waals surface area contributed by atoms with E-state index in [0.717, 1.165) is 28.1 Å². The van der Waals surface area contributed by atoms with Crippen molar-refractivity contribution < 1.29 is 54.4 Å². The van der Waals surface area contributed by atoms with Crippen molar-refractivity contribution in [3.8, 4) is 11.4 Å². The van der Waals surface area contributed by atoms with Crippen LogP contribution in [-0.2, 0) is 54.4 Å². The van der Waals surface area contributed by atoms with Crippen molar-refractivity contribution in [3.05, 3.63) is 174 Å². The van der Waals surface area contributed by atoms with Crippen molar-refractivity contribution in [1.82, 2.24) is 9.97 Å². The first-order chi connectivity index (χ1) is 20.9. The first-order valence-electron chi connectivity index (χ1n) is 13.1. The molecule has 0 saturated heterocycles. The zero-order valence-corrected chi connectivity index (χ0v) is 34.8. The Balaban J connectivity index is -0.000000500. The van der Waals surface area contributed by atoms with Gasteiger partial charge in [-0.15, -0.1) is 18.1 Å². The number of nitrogens with zero attached hydrogens (tertiary/aromatic N) is 2. The summed E-state index contributed by atoms with van der Waals surface area (Å²) in [6.45, 7) is 5.55. The summed E-state index contributed by atoms with van der Waals surface area (Å²) in [4.78, 5) is 8.37. The Labute approximate surface area is 330 Å². The maximum atomic E-state index is 7.32. The molecule has 0 fully saturated rings. The van der Waals surface area contributed by atoms with Crippen molar-refractivity contribution in [2.45, 2.75) is 46.3 Å². The normalized spacial score (nSPS) is 10.8. The maximum absolute atomic E-state index is 7.32. The molecule has 3 N–H and O–H groups in total. The van der Waals surface area contributed by atoms with E-state index in [-0.39, 0.29) is 46.6 Å². The van der Waals surface area contributed by atoms with Crippen molar-refractivity contribution in [2.24, 2.45) is 0 Å². The molecule has 0 aliphatic carbocycles. The molecule has 5 nitrogen and oxygen atoms in total. The number of halogens is 2. The SMILES string of the molecule is C.CC([NH-])c1[c-]cccc1.CC([NH-])c1[c-]cccc1.CC([NH-])c1ccccc1.[Ag][I].[I][Pt].[Pt+2].c1ccc(-c2ccccn2)nc1. The third-order valence-electron chi connectivity index (χ3n) is 5.29. The number of aromatic nitrogens is 2. The molecule has 3 atom stereocenters. The zero-order chi connectivity index (χ0) is 32.3. The number of pyridine rings is 2. The Morgan fingerprint density at radius 2 is 0.933 bits per heavy atom. The smallest absolute Gasteiger partial charge is 0.255 e. The van der Waals surface area contributed by atoms with Crippen LogP contribution >= 0.6 is 38.4 Å². The topological polar surface area (TPSA) is 97.2 Å². The second-order valence-corrected chi connectivity index (χ2v) is 8.64. The summed E-state index contributed by atoms with van der Waals surface area (Å²) in [5, 5.41) is 0. The standard InChI is InChI=1S/C10H8N2.C8H10N.2C8H9N.CH4.Ag.2HI.2Pt/c1-3-7-11-9(5-1)10-6-2-4-8-12-10;3*1-7(9)8-5-3-2-4-6-8;;;;;;/h1-8H;2-7,9H,1H3;2*2-5,7,9H,1H3;1H4;;2*1H;;/q;-1;2*-2;;+1;;;+1;+2/p-2. The Hall–Kier alpha value is -0.583. The molecule has 10 heteroatoms. The van der Waals surface area contributed by atoms with E-state index in [2.05, 4.69) is 74.8 Å². The number of hydrogen-bond acceptors (Lipinski definition) is 2. The van der Waals surface area contributed by atoms with Crippen LogP contribution in [0.15, 0.2) is 128 Å². The maximum Gasteiger partial charge on any atom is 2.00 e. The monoisotopic (exact) mass is 1280 g/mol.